The number of amides is 1. The molecule has 7 heteroatoms. The lowest BCUT2D eigenvalue weighted by Crippen LogP contribution is -2.47. The first-order chi connectivity index (χ1) is 13.4. The molecule has 1 aliphatic rings. The van der Waals surface area contributed by atoms with Crippen molar-refractivity contribution in [3.8, 4) is 0 Å². The smallest absolute Gasteiger partial charge is 0.224 e. The van der Waals surface area contributed by atoms with Crippen LogP contribution in [0.25, 0.3) is 0 Å². The quantitative estimate of drug-likeness (QED) is 0.791. The Morgan fingerprint density at radius 2 is 2.04 bits per heavy atom. The van der Waals surface area contributed by atoms with E-state index in [-0.39, 0.29) is 30.8 Å². The van der Waals surface area contributed by atoms with Crippen LogP contribution in [0.5, 0.6) is 0 Å². The van der Waals surface area contributed by atoms with E-state index in [1.807, 2.05) is 6.92 Å². The number of hydrogen-bond donors (Lipinski definition) is 1. The van der Waals surface area contributed by atoms with Gasteiger partial charge in [0.15, 0.2) is 0 Å². The molecule has 0 saturated carbocycles. The summed E-state index contributed by atoms with van der Waals surface area (Å²) in [4.78, 5) is 14.5. The standard InChI is InChI=1S/C21H23ClF2N2O2/c1-14-13-26(9-10-28-14)19(21-17(22)3-2-4-18(21)24)12-25-20(27)11-15-5-7-16(23)8-6-15/h2-8,14,19H,9-13H2,1H3,(H,25,27)/t14-,19+/m1/s1. The molecule has 1 heterocycles. The first-order valence-electron chi connectivity index (χ1n) is 9.24. The van der Waals surface area contributed by atoms with Gasteiger partial charge in [-0.2, -0.15) is 0 Å². The lowest BCUT2D eigenvalue weighted by molar-refractivity contribution is -0.120. The monoisotopic (exact) mass is 408 g/mol. The number of carbonyl (C=O) groups is 1. The van der Waals surface area contributed by atoms with Crippen LogP contribution in [0.4, 0.5) is 8.78 Å². The van der Waals surface area contributed by atoms with Crippen LogP contribution in [0.1, 0.15) is 24.1 Å². The molecule has 1 saturated heterocycles. The summed E-state index contributed by atoms with van der Waals surface area (Å²) in [7, 11) is 0. The van der Waals surface area contributed by atoms with E-state index in [1.165, 1.54) is 18.2 Å². The topological polar surface area (TPSA) is 41.6 Å². The van der Waals surface area contributed by atoms with E-state index in [0.717, 1.165) is 0 Å². The molecule has 1 aliphatic heterocycles. The van der Waals surface area contributed by atoms with Gasteiger partial charge < -0.3 is 10.1 Å². The number of nitrogens with one attached hydrogen (secondary N) is 1. The summed E-state index contributed by atoms with van der Waals surface area (Å²) < 4.78 is 33.2. The van der Waals surface area contributed by atoms with Gasteiger partial charge in [-0.15, -0.1) is 0 Å². The van der Waals surface area contributed by atoms with Crippen LogP contribution in [0.2, 0.25) is 5.02 Å². The van der Waals surface area contributed by atoms with Gasteiger partial charge in [-0.25, -0.2) is 8.78 Å². The number of ether oxygens (including phenoxy) is 1. The maximum absolute atomic E-state index is 14.6. The minimum absolute atomic E-state index is 0.0108. The molecule has 1 fully saturated rings. The highest BCUT2D eigenvalue weighted by Gasteiger charge is 2.29. The SMILES string of the molecule is C[C@@H]1CN([C@@H](CNC(=O)Cc2ccc(F)cc2)c2c(F)cccc2Cl)CCO1. The van der Waals surface area contributed by atoms with E-state index in [9.17, 15) is 13.6 Å². The van der Waals surface area contributed by atoms with Gasteiger partial charge in [0.25, 0.3) is 0 Å². The Hall–Kier alpha value is -2.02. The second-order valence-electron chi connectivity index (χ2n) is 6.93. The molecule has 0 aromatic heterocycles. The highest BCUT2D eigenvalue weighted by atomic mass is 35.5. The molecule has 2 aromatic carbocycles. The van der Waals surface area contributed by atoms with Crippen molar-refractivity contribution in [2.45, 2.75) is 25.5 Å². The molecule has 150 valence electrons. The van der Waals surface area contributed by atoms with Gasteiger partial charge in [0.05, 0.1) is 25.2 Å². The second-order valence-corrected chi connectivity index (χ2v) is 7.34. The normalized spacial score (nSPS) is 18.6. The fourth-order valence-electron chi connectivity index (χ4n) is 3.43. The van der Waals surface area contributed by atoms with Gasteiger partial charge in [-0.3, -0.25) is 9.69 Å². The number of carbonyl (C=O) groups excluding carboxylic acids is 1. The summed E-state index contributed by atoms with van der Waals surface area (Å²) in [6.07, 6.45) is 0.133. The lowest BCUT2D eigenvalue weighted by atomic mass is 10.0. The largest absolute Gasteiger partial charge is 0.376 e. The van der Waals surface area contributed by atoms with Crippen LogP contribution in [0, 0.1) is 11.6 Å². The Morgan fingerprint density at radius 1 is 1.29 bits per heavy atom. The third-order valence-corrected chi connectivity index (χ3v) is 5.15. The number of benzene rings is 2. The Morgan fingerprint density at radius 3 is 2.71 bits per heavy atom. The number of morpholine rings is 1. The van der Waals surface area contributed by atoms with Gasteiger partial charge in [0.2, 0.25) is 5.91 Å². The van der Waals surface area contributed by atoms with E-state index in [2.05, 4.69) is 10.2 Å². The molecule has 0 unspecified atom stereocenters. The lowest BCUT2D eigenvalue weighted by Gasteiger charge is -2.38. The van der Waals surface area contributed by atoms with E-state index < -0.39 is 11.9 Å². The van der Waals surface area contributed by atoms with E-state index in [4.69, 9.17) is 16.3 Å². The highest BCUT2D eigenvalue weighted by Crippen LogP contribution is 2.31. The fourth-order valence-corrected chi connectivity index (χ4v) is 3.72. The number of halogens is 3. The molecule has 3 rings (SSSR count). The summed E-state index contributed by atoms with van der Waals surface area (Å²) in [6.45, 7) is 3.94. The van der Waals surface area contributed by atoms with Gasteiger partial charge >= 0.3 is 0 Å². The molecule has 0 spiro atoms. The van der Waals surface area contributed by atoms with Gasteiger partial charge in [0.1, 0.15) is 11.6 Å². The van der Waals surface area contributed by atoms with E-state index in [1.54, 1.807) is 24.3 Å². The molecule has 4 nitrogen and oxygen atoms in total. The van der Waals surface area contributed by atoms with E-state index in [0.29, 0.717) is 35.8 Å². The molecule has 1 amide bonds. The van der Waals surface area contributed by atoms with Crippen molar-refractivity contribution in [1.82, 2.24) is 10.2 Å². The minimum atomic E-state index is -0.405. The van der Waals surface area contributed by atoms with Crippen LogP contribution in [0.3, 0.4) is 0 Å². The van der Waals surface area contributed by atoms with Crippen LogP contribution in [-0.2, 0) is 16.0 Å². The third kappa shape index (κ3) is 5.28. The zero-order valence-corrected chi connectivity index (χ0v) is 16.4. The molecule has 0 bridgehead atoms. The second kappa shape index (κ2) is 9.45. The van der Waals surface area contributed by atoms with Crippen molar-refractivity contribution in [3.05, 3.63) is 70.2 Å². The molecular formula is C21H23ClF2N2O2. The van der Waals surface area contributed by atoms with Crippen molar-refractivity contribution in [2.75, 3.05) is 26.2 Å². The average molecular weight is 409 g/mol. The van der Waals surface area contributed by atoms with Crippen molar-refractivity contribution < 1.29 is 18.3 Å². The number of hydrogen-bond acceptors (Lipinski definition) is 3. The van der Waals surface area contributed by atoms with Gasteiger partial charge in [-0.05, 0) is 36.8 Å². The molecule has 28 heavy (non-hydrogen) atoms. The first-order valence-corrected chi connectivity index (χ1v) is 9.62. The van der Waals surface area contributed by atoms with Gasteiger partial charge in [-0.1, -0.05) is 29.8 Å². The molecule has 2 atom stereocenters. The highest BCUT2D eigenvalue weighted by molar-refractivity contribution is 6.31. The van der Waals surface area contributed by atoms with Crippen molar-refractivity contribution in [2.24, 2.45) is 0 Å². The maximum Gasteiger partial charge on any atom is 0.224 e. The number of nitrogens with zero attached hydrogens (tertiary/aromatic N) is 1. The molecule has 1 N–H and O–H groups in total. The molecule has 0 radical (unpaired) electrons. The Balaban J connectivity index is 1.73. The minimum Gasteiger partial charge on any atom is -0.376 e. The summed E-state index contributed by atoms with van der Waals surface area (Å²) >= 11 is 6.29. The molecule has 0 aliphatic carbocycles. The van der Waals surface area contributed by atoms with E-state index >= 15 is 0 Å². The van der Waals surface area contributed by atoms with Crippen molar-refractivity contribution in [3.63, 3.8) is 0 Å². The summed E-state index contributed by atoms with van der Waals surface area (Å²) in [5, 5.41) is 3.20. The molecule has 2 aromatic rings. The average Bonchev–Trinajstić information content (AvgIpc) is 2.66. The van der Waals surface area contributed by atoms with Crippen molar-refractivity contribution >= 4 is 17.5 Å². The van der Waals surface area contributed by atoms with Crippen LogP contribution in [-0.4, -0.2) is 43.2 Å². The van der Waals surface area contributed by atoms with Crippen LogP contribution < -0.4 is 5.32 Å². The van der Waals surface area contributed by atoms with Crippen LogP contribution in [0.15, 0.2) is 42.5 Å². The summed E-state index contributed by atoms with van der Waals surface area (Å²) in [5.41, 5.74) is 1.08. The zero-order valence-electron chi connectivity index (χ0n) is 15.6. The van der Waals surface area contributed by atoms with Crippen molar-refractivity contribution in [1.29, 1.82) is 0 Å². The van der Waals surface area contributed by atoms with Gasteiger partial charge in [0, 0.05) is 30.2 Å². The zero-order chi connectivity index (χ0) is 20.1. The maximum atomic E-state index is 14.6. The summed E-state index contributed by atoms with van der Waals surface area (Å²) in [5.74, 6) is -0.963. The number of rotatable bonds is 6. The summed E-state index contributed by atoms with van der Waals surface area (Å²) in [6, 6.07) is 9.97. The Bertz CT molecular complexity index is 796. The fraction of sp³-hybridized carbons (Fsp3) is 0.381. The third-order valence-electron chi connectivity index (χ3n) is 4.82. The Kier molecular flexibility index (Phi) is 6.99. The predicted molar refractivity (Wildman–Crippen MR) is 104 cm³/mol. The predicted octanol–water partition coefficient (Wildman–Crippen LogP) is 3.74. The molecular weight excluding hydrogens is 386 g/mol. The first kappa shape index (κ1) is 20.7. The Labute approximate surface area is 168 Å². The van der Waals surface area contributed by atoms with Crippen LogP contribution >= 0.6 is 11.6 Å².